The van der Waals surface area contributed by atoms with Gasteiger partial charge < -0.3 is 0 Å². The molecule has 0 unspecified atom stereocenters. The monoisotopic (exact) mass is 255 g/mol. The maximum atomic E-state index is 12.4. The molecule has 3 nitrogen and oxygen atoms in total. The molecule has 0 aromatic heterocycles. The van der Waals surface area contributed by atoms with Crippen LogP contribution in [0, 0.1) is 5.92 Å². The zero-order valence-corrected chi connectivity index (χ0v) is 11.6. The molecule has 0 heterocycles. The van der Waals surface area contributed by atoms with Crippen molar-refractivity contribution in [2.75, 3.05) is 13.1 Å². The van der Waals surface area contributed by atoms with E-state index in [1.807, 2.05) is 26.8 Å². The first-order valence-electron chi connectivity index (χ1n) is 6.03. The van der Waals surface area contributed by atoms with Gasteiger partial charge in [-0.3, -0.25) is 0 Å². The van der Waals surface area contributed by atoms with Gasteiger partial charge in [0.05, 0.1) is 4.90 Å². The maximum Gasteiger partial charge on any atom is 0.243 e. The summed E-state index contributed by atoms with van der Waals surface area (Å²) < 4.78 is 26.3. The highest BCUT2D eigenvalue weighted by molar-refractivity contribution is 7.89. The van der Waals surface area contributed by atoms with Crippen LogP contribution >= 0.6 is 0 Å². The SMILES string of the molecule is CCCN(CC(C)C)S(=O)(=O)c1ccccc1. The van der Waals surface area contributed by atoms with Gasteiger partial charge in [0.2, 0.25) is 10.0 Å². The molecule has 96 valence electrons. The Morgan fingerprint density at radius 2 is 1.76 bits per heavy atom. The molecule has 0 aliphatic carbocycles. The van der Waals surface area contributed by atoms with Gasteiger partial charge >= 0.3 is 0 Å². The van der Waals surface area contributed by atoms with Crippen molar-refractivity contribution < 1.29 is 8.42 Å². The lowest BCUT2D eigenvalue weighted by molar-refractivity contribution is 0.367. The highest BCUT2D eigenvalue weighted by atomic mass is 32.2. The molecule has 0 amide bonds. The molecule has 1 aromatic carbocycles. The fourth-order valence-electron chi connectivity index (χ4n) is 1.71. The minimum atomic E-state index is -3.32. The van der Waals surface area contributed by atoms with Gasteiger partial charge in [-0.25, -0.2) is 8.42 Å². The van der Waals surface area contributed by atoms with Crippen LogP contribution in [0.25, 0.3) is 0 Å². The predicted octanol–water partition coefficient (Wildman–Crippen LogP) is 2.74. The number of hydrogen-bond acceptors (Lipinski definition) is 2. The molecule has 0 aliphatic rings. The fourth-order valence-corrected chi connectivity index (χ4v) is 3.42. The van der Waals surface area contributed by atoms with Gasteiger partial charge in [0.15, 0.2) is 0 Å². The predicted molar refractivity (Wildman–Crippen MR) is 70.3 cm³/mol. The number of rotatable bonds is 6. The summed E-state index contributed by atoms with van der Waals surface area (Å²) in [6.07, 6.45) is 0.832. The number of benzene rings is 1. The van der Waals surface area contributed by atoms with Crippen LogP contribution in [0.2, 0.25) is 0 Å². The second-order valence-corrected chi connectivity index (χ2v) is 6.51. The van der Waals surface area contributed by atoms with Crippen molar-refractivity contribution in [1.82, 2.24) is 4.31 Å². The molecule has 4 heteroatoms. The van der Waals surface area contributed by atoms with Gasteiger partial charge in [-0.15, -0.1) is 0 Å². The first kappa shape index (κ1) is 14.2. The minimum absolute atomic E-state index is 0.333. The van der Waals surface area contributed by atoms with E-state index >= 15 is 0 Å². The summed E-state index contributed by atoms with van der Waals surface area (Å²) in [6, 6.07) is 8.64. The second kappa shape index (κ2) is 6.17. The van der Waals surface area contributed by atoms with E-state index in [0.717, 1.165) is 6.42 Å². The summed E-state index contributed by atoms with van der Waals surface area (Å²) in [6.45, 7) is 7.21. The van der Waals surface area contributed by atoms with Crippen LogP contribution in [-0.2, 0) is 10.0 Å². The summed E-state index contributed by atoms with van der Waals surface area (Å²) >= 11 is 0. The van der Waals surface area contributed by atoms with E-state index < -0.39 is 10.0 Å². The largest absolute Gasteiger partial charge is 0.243 e. The average Bonchev–Trinajstić information content (AvgIpc) is 2.29. The molecule has 1 rings (SSSR count). The van der Waals surface area contributed by atoms with Crippen LogP contribution in [0.1, 0.15) is 27.2 Å². The Hall–Kier alpha value is -0.870. The van der Waals surface area contributed by atoms with Crippen molar-refractivity contribution in [3.05, 3.63) is 30.3 Å². The molecule has 0 saturated heterocycles. The Kier molecular flexibility index (Phi) is 5.15. The van der Waals surface area contributed by atoms with Crippen molar-refractivity contribution in [1.29, 1.82) is 0 Å². The first-order chi connectivity index (χ1) is 7.98. The number of hydrogen-bond donors (Lipinski definition) is 0. The second-order valence-electron chi connectivity index (χ2n) is 4.57. The lowest BCUT2D eigenvalue weighted by atomic mass is 10.2. The molecule has 1 aromatic rings. The zero-order chi connectivity index (χ0) is 12.9. The Balaban J connectivity index is 3.00. The topological polar surface area (TPSA) is 37.4 Å². The lowest BCUT2D eigenvalue weighted by Gasteiger charge is -2.23. The molecular formula is C13H21NO2S. The summed E-state index contributed by atoms with van der Waals surface area (Å²) in [5, 5.41) is 0. The van der Waals surface area contributed by atoms with Crippen LogP contribution < -0.4 is 0 Å². The minimum Gasteiger partial charge on any atom is -0.207 e. The quantitative estimate of drug-likeness (QED) is 0.784. The van der Waals surface area contributed by atoms with Gasteiger partial charge in [-0.2, -0.15) is 4.31 Å². The van der Waals surface area contributed by atoms with Gasteiger partial charge in [-0.1, -0.05) is 39.0 Å². The van der Waals surface area contributed by atoms with Crippen LogP contribution in [0.15, 0.2) is 35.2 Å². The smallest absolute Gasteiger partial charge is 0.207 e. The van der Waals surface area contributed by atoms with Gasteiger partial charge in [0.1, 0.15) is 0 Å². The van der Waals surface area contributed by atoms with E-state index in [2.05, 4.69) is 0 Å². The van der Waals surface area contributed by atoms with E-state index in [0.29, 0.717) is 23.9 Å². The molecule has 0 bridgehead atoms. The first-order valence-corrected chi connectivity index (χ1v) is 7.47. The lowest BCUT2D eigenvalue weighted by Crippen LogP contribution is -2.34. The van der Waals surface area contributed by atoms with Crippen molar-refractivity contribution >= 4 is 10.0 Å². The molecule has 0 fully saturated rings. The molecule has 0 atom stereocenters. The molecule has 0 radical (unpaired) electrons. The van der Waals surface area contributed by atoms with Crippen molar-refractivity contribution in [3.63, 3.8) is 0 Å². The van der Waals surface area contributed by atoms with Crippen molar-refractivity contribution in [2.24, 2.45) is 5.92 Å². The Morgan fingerprint density at radius 3 is 2.24 bits per heavy atom. The number of nitrogens with zero attached hydrogens (tertiary/aromatic N) is 1. The highest BCUT2D eigenvalue weighted by Crippen LogP contribution is 2.16. The summed E-state index contributed by atoms with van der Waals surface area (Å²) in [4.78, 5) is 0.383. The number of sulfonamides is 1. The fraction of sp³-hybridized carbons (Fsp3) is 0.538. The van der Waals surface area contributed by atoms with Crippen molar-refractivity contribution in [3.8, 4) is 0 Å². The van der Waals surface area contributed by atoms with Gasteiger partial charge in [-0.05, 0) is 24.5 Å². The third-order valence-corrected chi connectivity index (χ3v) is 4.30. The molecule has 0 saturated carbocycles. The van der Waals surface area contributed by atoms with Crippen molar-refractivity contribution in [2.45, 2.75) is 32.1 Å². The average molecular weight is 255 g/mol. The molecule has 0 spiro atoms. The third-order valence-electron chi connectivity index (χ3n) is 2.42. The maximum absolute atomic E-state index is 12.4. The highest BCUT2D eigenvalue weighted by Gasteiger charge is 2.23. The standard InChI is InChI=1S/C13H21NO2S/c1-4-10-14(11-12(2)3)17(15,16)13-8-6-5-7-9-13/h5-9,12H,4,10-11H2,1-3H3. The van der Waals surface area contributed by atoms with Crippen LogP contribution in [0.5, 0.6) is 0 Å². The Bertz CT molecular complexity index is 426. The van der Waals surface area contributed by atoms with E-state index in [1.165, 1.54) is 0 Å². The normalized spacial score (nSPS) is 12.3. The Labute approximate surface area is 105 Å². The molecule has 0 N–H and O–H groups in total. The summed E-state index contributed by atoms with van der Waals surface area (Å²) in [7, 11) is -3.32. The van der Waals surface area contributed by atoms with E-state index in [-0.39, 0.29) is 0 Å². The Morgan fingerprint density at radius 1 is 1.18 bits per heavy atom. The summed E-state index contributed by atoms with van der Waals surface area (Å²) in [5.41, 5.74) is 0. The van der Waals surface area contributed by atoms with E-state index in [4.69, 9.17) is 0 Å². The van der Waals surface area contributed by atoms with Crippen LogP contribution in [0.4, 0.5) is 0 Å². The van der Waals surface area contributed by atoms with Gasteiger partial charge in [0, 0.05) is 13.1 Å². The zero-order valence-electron chi connectivity index (χ0n) is 10.8. The van der Waals surface area contributed by atoms with Crippen LogP contribution in [-0.4, -0.2) is 25.8 Å². The molecule has 17 heavy (non-hydrogen) atoms. The molecular weight excluding hydrogens is 234 g/mol. The third kappa shape index (κ3) is 3.82. The van der Waals surface area contributed by atoms with Gasteiger partial charge in [0.25, 0.3) is 0 Å². The molecule has 0 aliphatic heterocycles. The van der Waals surface area contributed by atoms with E-state index in [1.54, 1.807) is 28.6 Å². The van der Waals surface area contributed by atoms with Crippen LogP contribution in [0.3, 0.4) is 0 Å². The van der Waals surface area contributed by atoms with E-state index in [9.17, 15) is 8.42 Å². The summed E-state index contributed by atoms with van der Waals surface area (Å²) in [5.74, 6) is 0.333.